The number of alkyl halides is 3. The molecule has 0 aliphatic carbocycles. The van der Waals surface area contributed by atoms with Crippen LogP contribution in [0.4, 0.5) is 18.9 Å². The Bertz CT molecular complexity index is 1040. The maximum atomic E-state index is 13.7. The third-order valence-electron chi connectivity index (χ3n) is 4.44. The van der Waals surface area contributed by atoms with Crippen molar-refractivity contribution in [2.45, 2.75) is 12.1 Å². The molecule has 0 radical (unpaired) electrons. The van der Waals surface area contributed by atoms with Gasteiger partial charge in [0.1, 0.15) is 0 Å². The van der Waals surface area contributed by atoms with Gasteiger partial charge >= 0.3 is 6.18 Å². The Labute approximate surface area is 162 Å². The Kier molecular flexibility index (Phi) is 4.52. The van der Waals surface area contributed by atoms with E-state index in [0.29, 0.717) is 11.3 Å². The maximum absolute atomic E-state index is 13.7. The van der Waals surface area contributed by atoms with E-state index in [9.17, 15) is 13.2 Å². The summed E-state index contributed by atoms with van der Waals surface area (Å²) in [5, 5.41) is 7.13. The Morgan fingerprint density at radius 1 is 0.926 bits per heavy atom. The quantitative estimate of drug-likeness (QED) is 0.444. The predicted molar refractivity (Wildman–Crippen MR) is 106 cm³/mol. The zero-order valence-corrected chi connectivity index (χ0v) is 15.6. The molecule has 3 aromatic rings. The molecular weight excluding hydrogens is 417 g/mol. The number of nitrogens with zero attached hydrogens (tertiary/aromatic N) is 2. The maximum Gasteiger partial charge on any atom is 0.432 e. The number of halogens is 4. The number of fused-ring (bicyclic) bond motifs is 1. The third-order valence-corrected chi connectivity index (χ3v) is 5.10. The monoisotopic (exact) mass is 430 g/mol. The molecule has 0 saturated heterocycles. The SMILES string of the molecule is FC(F)(F)C1=NN(c2cc(Br)c3ccccc3c2)C=CC1c1ccccc1. The molecule has 0 N–H and O–H groups in total. The van der Waals surface area contributed by atoms with Gasteiger partial charge in [-0.3, -0.25) is 0 Å². The number of hydrogen-bond donors (Lipinski definition) is 0. The first-order valence-corrected chi connectivity index (χ1v) is 9.09. The fourth-order valence-electron chi connectivity index (χ4n) is 3.16. The van der Waals surface area contributed by atoms with Crippen molar-refractivity contribution in [3.8, 4) is 0 Å². The molecule has 0 saturated carbocycles. The lowest BCUT2D eigenvalue weighted by molar-refractivity contribution is -0.0611. The van der Waals surface area contributed by atoms with Crippen LogP contribution in [0.3, 0.4) is 0 Å². The summed E-state index contributed by atoms with van der Waals surface area (Å²) < 4.78 is 41.9. The Morgan fingerprint density at radius 3 is 2.37 bits per heavy atom. The average molecular weight is 431 g/mol. The van der Waals surface area contributed by atoms with Gasteiger partial charge in [0, 0.05) is 10.7 Å². The van der Waals surface area contributed by atoms with Gasteiger partial charge in [0.2, 0.25) is 0 Å². The summed E-state index contributed by atoms with van der Waals surface area (Å²) in [6.45, 7) is 0. The Morgan fingerprint density at radius 2 is 1.63 bits per heavy atom. The van der Waals surface area contributed by atoms with Gasteiger partial charge in [0.05, 0.1) is 11.6 Å². The van der Waals surface area contributed by atoms with Gasteiger partial charge in [0.25, 0.3) is 0 Å². The molecule has 1 heterocycles. The fraction of sp³-hybridized carbons (Fsp3) is 0.0952. The highest BCUT2D eigenvalue weighted by molar-refractivity contribution is 9.10. The van der Waals surface area contributed by atoms with Gasteiger partial charge in [-0.05, 0) is 28.5 Å². The summed E-state index contributed by atoms with van der Waals surface area (Å²) in [5.74, 6) is -0.925. The molecule has 136 valence electrons. The normalized spacial score (nSPS) is 17.3. The standard InChI is InChI=1S/C21H14BrF3N2/c22-19-13-16(12-15-8-4-5-9-17(15)19)27-11-10-18(14-6-2-1-3-7-14)20(26-27)21(23,24)25/h1-13,18H. The molecule has 0 amide bonds. The minimum atomic E-state index is -4.53. The number of anilines is 1. The van der Waals surface area contributed by atoms with Gasteiger partial charge in [-0.15, -0.1) is 0 Å². The lowest BCUT2D eigenvalue weighted by Gasteiger charge is -2.27. The Balaban J connectivity index is 1.78. The summed E-state index contributed by atoms with van der Waals surface area (Å²) in [7, 11) is 0. The van der Waals surface area contributed by atoms with Crippen LogP contribution in [-0.4, -0.2) is 11.9 Å². The number of hydrogen-bond acceptors (Lipinski definition) is 2. The van der Waals surface area contributed by atoms with Gasteiger partial charge < -0.3 is 0 Å². The Hall–Kier alpha value is -2.60. The fourth-order valence-corrected chi connectivity index (χ4v) is 3.75. The molecular formula is C21H14BrF3N2. The van der Waals surface area contributed by atoms with Crippen LogP contribution in [0, 0.1) is 0 Å². The van der Waals surface area contributed by atoms with E-state index < -0.39 is 17.8 Å². The molecule has 1 aliphatic rings. The van der Waals surface area contributed by atoms with E-state index in [-0.39, 0.29) is 0 Å². The summed E-state index contributed by atoms with van der Waals surface area (Å²) in [6.07, 6.45) is -1.41. The van der Waals surface area contributed by atoms with E-state index in [4.69, 9.17) is 0 Å². The lowest BCUT2D eigenvalue weighted by atomic mass is 9.93. The second-order valence-electron chi connectivity index (χ2n) is 6.21. The van der Waals surface area contributed by atoms with Crippen LogP contribution < -0.4 is 5.01 Å². The van der Waals surface area contributed by atoms with Crippen molar-refractivity contribution in [3.63, 3.8) is 0 Å². The van der Waals surface area contributed by atoms with E-state index in [1.165, 1.54) is 11.1 Å². The second-order valence-corrected chi connectivity index (χ2v) is 7.06. The van der Waals surface area contributed by atoms with Crippen LogP contribution in [0.5, 0.6) is 0 Å². The minimum absolute atomic E-state index is 0.559. The van der Waals surface area contributed by atoms with Crippen molar-refractivity contribution in [3.05, 3.63) is 89.0 Å². The average Bonchev–Trinajstić information content (AvgIpc) is 2.67. The number of allylic oxidation sites excluding steroid dienone is 1. The first-order chi connectivity index (χ1) is 12.9. The summed E-state index contributed by atoms with van der Waals surface area (Å²) in [5.41, 5.74) is 0.287. The van der Waals surface area contributed by atoms with E-state index in [1.54, 1.807) is 42.6 Å². The van der Waals surface area contributed by atoms with Crippen molar-refractivity contribution in [2.75, 3.05) is 5.01 Å². The van der Waals surface area contributed by atoms with Crippen LogP contribution in [0.25, 0.3) is 10.8 Å². The van der Waals surface area contributed by atoms with Gasteiger partial charge in [0.15, 0.2) is 5.71 Å². The van der Waals surface area contributed by atoms with Crippen molar-refractivity contribution in [1.82, 2.24) is 0 Å². The number of hydrazone groups is 1. The third kappa shape index (κ3) is 3.49. The molecule has 0 fully saturated rings. The highest BCUT2D eigenvalue weighted by Gasteiger charge is 2.42. The summed E-state index contributed by atoms with van der Waals surface area (Å²) in [6, 6.07) is 19.9. The van der Waals surface area contributed by atoms with E-state index in [1.807, 2.05) is 30.3 Å². The van der Waals surface area contributed by atoms with Crippen LogP contribution in [0.1, 0.15) is 11.5 Å². The molecule has 4 rings (SSSR count). The lowest BCUT2D eigenvalue weighted by Crippen LogP contribution is -2.34. The topological polar surface area (TPSA) is 15.6 Å². The molecule has 1 atom stereocenters. The highest BCUT2D eigenvalue weighted by atomic mass is 79.9. The summed E-state index contributed by atoms with van der Waals surface area (Å²) in [4.78, 5) is 0. The van der Waals surface area contributed by atoms with Crippen molar-refractivity contribution in [1.29, 1.82) is 0 Å². The number of benzene rings is 3. The zero-order valence-electron chi connectivity index (χ0n) is 14.0. The first kappa shape index (κ1) is 17.8. The predicted octanol–water partition coefficient (Wildman–Crippen LogP) is 6.64. The van der Waals surface area contributed by atoms with Gasteiger partial charge in [-0.25, -0.2) is 5.01 Å². The first-order valence-electron chi connectivity index (χ1n) is 8.30. The zero-order chi connectivity index (χ0) is 19.0. The highest BCUT2D eigenvalue weighted by Crippen LogP contribution is 2.36. The largest absolute Gasteiger partial charge is 0.432 e. The molecule has 0 aromatic heterocycles. The summed E-state index contributed by atoms with van der Waals surface area (Å²) >= 11 is 3.50. The van der Waals surface area contributed by atoms with Crippen LogP contribution in [0.15, 0.2) is 88.6 Å². The molecule has 0 spiro atoms. The van der Waals surface area contributed by atoms with E-state index in [2.05, 4.69) is 21.0 Å². The second kappa shape index (κ2) is 6.85. The van der Waals surface area contributed by atoms with Crippen LogP contribution in [-0.2, 0) is 0 Å². The molecule has 0 bridgehead atoms. The molecule has 1 unspecified atom stereocenters. The van der Waals surface area contributed by atoms with Crippen molar-refractivity contribution in [2.24, 2.45) is 5.10 Å². The molecule has 3 aromatic carbocycles. The molecule has 1 aliphatic heterocycles. The van der Waals surface area contributed by atoms with Crippen molar-refractivity contribution < 1.29 is 13.2 Å². The van der Waals surface area contributed by atoms with Crippen LogP contribution >= 0.6 is 15.9 Å². The minimum Gasteiger partial charge on any atom is -0.241 e. The van der Waals surface area contributed by atoms with E-state index >= 15 is 0 Å². The van der Waals surface area contributed by atoms with E-state index in [0.717, 1.165) is 15.2 Å². The van der Waals surface area contributed by atoms with Crippen LogP contribution in [0.2, 0.25) is 0 Å². The smallest absolute Gasteiger partial charge is 0.241 e. The molecule has 6 heteroatoms. The molecule has 2 nitrogen and oxygen atoms in total. The molecule has 27 heavy (non-hydrogen) atoms. The van der Waals surface area contributed by atoms with Gasteiger partial charge in [-0.1, -0.05) is 76.6 Å². The van der Waals surface area contributed by atoms with Crippen molar-refractivity contribution >= 4 is 38.1 Å². The number of rotatable bonds is 2. The van der Waals surface area contributed by atoms with Gasteiger partial charge in [-0.2, -0.15) is 18.3 Å².